The van der Waals surface area contributed by atoms with Crippen LogP contribution in [0.5, 0.6) is 5.75 Å². The molecule has 0 unspecified atom stereocenters. The maximum absolute atomic E-state index is 11.3. The highest BCUT2D eigenvalue weighted by Crippen LogP contribution is 2.24. The number of aldehydes is 1. The first kappa shape index (κ1) is 20.4. The van der Waals surface area contributed by atoms with E-state index in [1.165, 1.54) is 5.56 Å². The number of carbonyl (C=O) groups excluding carboxylic acids is 1. The topological polar surface area (TPSA) is 58.2 Å². The number of aryl methyl sites for hydroxylation is 2. The Hall–Kier alpha value is -3.34. The first-order valence-corrected chi connectivity index (χ1v) is 9.77. The molecule has 0 aliphatic heterocycles. The van der Waals surface area contributed by atoms with Gasteiger partial charge in [-0.3, -0.25) is 9.89 Å². The first-order valence-electron chi connectivity index (χ1n) is 9.77. The highest BCUT2D eigenvalue weighted by atomic mass is 16.5. The van der Waals surface area contributed by atoms with Gasteiger partial charge in [-0.2, -0.15) is 5.10 Å². The molecule has 1 N–H and O–H groups in total. The van der Waals surface area contributed by atoms with E-state index >= 15 is 0 Å². The zero-order valence-corrected chi connectivity index (χ0v) is 17.0. The number of hydrogen-bond donors (Lipinski definition) is 1. The molecule has 0 saturated heterocycles. The Morgan fingerprint density at radius 2 is 1.86 bits per heavy atom. The molecule has 2 aromatic carbocycles. The second kappa shape index (κ2) is 9.73. The van der Waals surface area contributed by atoms with E-state index in [1.54, 1.807) is 13.2 Å². The van der Waals surface area contributed by atoms with Crippen LogP contribution in [-0.4, -0.2) is 30.6 Å². The minimum absolute atomic E-state index is 0.624. The lowest BCUT2D eigenvalue weighted by atomic mass is 10.1. The molecule has 150 valence electrons. The van der Waals surface area contributed by atoms with Crippen molar-refractivity contribution in [2.24, 2.45) is 0 Å². The van der Waals surface area contributed by atoms with Crippen molar-refractivity contribution in [3.05, 3.63) is 83.6 Å². The van der Waals surface area contributed by atoms with Gasteiger partial charge in [0.05, 0.1) is 7.11 Å². The van der Waals surface area contributed by atoms with Crippen molar-refractivity contribution in [1.82, 2.24) is 10.2 Å². The van der Waals surface area contributed by atoms with Crippen LogP contribution in [0.3, 0.4) is 0 Å². The molecule has 0 atom stereocenters. The van der Waals surface area contributed by atoms with Crippen molar-refractivity contribution in [2.45, 2.75) is 25.7 Å². The lowest BCUT2D eigenvalue weighted by Gasteiger charge is -2.20. The van der Waals surface area contributed by atoms with E-state index in [-0.39, 0.29) is 0 Å². The number of nitrogens with one attached hydrogen (secondary N) is 1. The van der Waals surface area contributed by atoms with Gasteiger partial charge in [0, 0.05) is 35.6 Å². The van der Waals surface area contributed by atoms with Gasteiger partial charge in [0.25, 0.3) is 0 Å². The Bertz CT molecular complexity index is 960. The van der Waals surface area contributed by atoms with Gasteiger partial charge in [0.15, 0.2) is 12.1 Å². The van der Waals surface area contributed by atoms with Crippen LogP contribution in [0.2, 0.25) is 0 Å². The third kappa shape index (κ3) is 5.13. The number of anilines is 1. The second-order valence-corrected chi connectivity index (χ2v) is 7.02. The molecular weight excluding hydrogens is 362 g/mol. The molecule has 1 heterocycles. The number of nitrogens with zero attached hydrogens (tertiary/aromatic N) is 2. The molecule has 0 bridgehead atoms. The van der Waals surface area contributed by atoms with E-state index in [0.29, 0.717) is 5.56 Å². The molecule has 3 aromatic rings. The monoisotopic (exact) mass is 389 g/mol. The molecule has 0 spiro atoms. The maximum atomic E-state index is 11.3. The lowest BCUT2D eigenvalue weighted by molar-refractivity contribution is 0.112. The van der Waals surface area contributed by atoms with Crippen molar-refractivity contribution in [3.63, 3.8) is 0 Å². The average molecular weight is 389 g/mol. The van der Waals surface area contributed by atoms with Gasteiger partial charge in [0.1, 0.15) is 5.75 Å². The summed E-state index contributed by atoms with van der Waals surface area (Å²) in [5.74, 6) is 1.68. The smallest absolute Gasteiger partial charge is 0.154 e. The van der Waals surface area contributed by atoms with Crippen LogP contribution in [0.4, 0.5) is 5.82 Å². The van der Waals surface area contributed by atoms with E-state index < -0.39 is 0 Å². The summed E-state index contributed by atoms with van der Waals surface area (Å²) in [7, 11) is 3.59. The second-order valence-electron chi connectivity index (χ2n) is 7.02. The van der Waals surface area contributed by atoms with Crippen LogP contribution >= 0.6 is 0 Å². The Morgan fingerprint density at radius 3 is 2.59 bits per heavy atom. The minimum Gasteiger partial charge on any atom is -0.497 e. The van der Waals surface area contributed by atoms with Crippen molar-refractivity contribution < 1.29 is 9.53 Å². The van der Waals surface area contributed by atoms with Gasteiger partial charge in [0.2, 0.25) is 0 Å². The third-order valence-electron chi connectivity index (χ3n) is 5.09. The number of rotatable bonds is 10. The van der Waals surface area contributed by atoms with Gasteiger partial charge in [-0.1, -0.05) is 43.0 Å². The van der Waals surface area contributed by atoms with Crippen molar-refractivity contribution in [2.75, 3.05) is 19.1 Å². The van der Waals surface area contributed by atoms with Crippen LogP contribution in [0, 0.1) is 0 Å². The van der Waals surface area contributed by atoms with Crippen molar-refractivity contribution >= 4 is 17.8 Å². The predicted octanol–water partition coefficient (Wildman–Crippen LogP) is 4.90. The molecule has 0 aliphatic carbocycles. The third-order valence-corrected chi connectivity index (χ3v) is 5.09. The fraction of sp³-hybridized carbons (Fsp3) is 0.250. The number of aromatic nitrogens is 2. The zero-order chi connectivity index (χ0) is 20.6. The van der Waals surface area contributed by atoms with Gasteiger partial charge in [-0.05, 0) is 43.4 Å². The van der Waals surface area contributed by atoms with E-state index in [9.17, 15) is 4.79 Å². The molecule has 29 heavy (non-hydrogen) atoms. The molecule has 0 saturated carbocycles. The van der Waals surface area contributed by atoms with Gasteiger partial charge in [-0.25, -0.2) is 0 Å². The number of methoxy groups -OCH3 is 1. The Balaban J connectivity index is 1.53. The number of benzene rings is 2. The summed E-state index contributed by atoms with van der Waals surface area (Å²) in [6, 6.07) is 17.7. The summed E-state index contributed by atoms with van der Waals surface area (Å²) in [6.07, 6.45) is 5.02. The SMILES string of the molecule is C=C(c1ccccc1C=O)N(C)c1cc(CCCCc2ccc(OC)cc2)[nH]n1. The number of carbonyl (C=O) groups is 1. The summed E-state index contributed by atoms with van der Waals surface area (Å²) in [5.41, 5.74) is 4.59. The van der Waals surface area contributed by atoms with Gasteiger partial charge < -0.3 is 9.64 Å². The predicted molar refractivity (Wildman–Crippen MR) is 117 cm³/mol. The molecule has 1 aromatic heterocycles. The molecule has 0 radical (unpaired) electrons. The Morgan fingerprint density at radius 1 is 1.14 bits per heavy atom. The fourth-order valence-electron chi connectivity index (χ4n) is 3.27. The van der Waals surface area contributed by atoms with Crippen molar-refractivity contribution in [3.8, 4) is 5.75 Å². The van der Waals surface area contributed by atoms with Crippen LogP contribution in [0.25, 0.3) is 5.70 Å². The summed E-state index contributed by atoms with van der Waals surface area (Å²) in [4.78, 5) is 13.2. The number of hydrogen-bond acceptors (Lipinski definition) is 4. The van der Waals surface area contributed by atoms with E-state index in [1.807, 2.05) is 48.3 Å². The molecule has 5 nitrogen and oxygen atoms in total. The summed E-state index contributed by atoms with van der Waals surface area (Å²) >= 11 is 0. The first-order chi connectivity index (χ1) is 14.1. The number of ether oxygens (including phenoxy) is 1. The molecule has 3 rings (SSSR count). The van der Waals surface area contributed by atoms with Crippen LogP contribution in [0.1, 0.15) is 40.0 Å². The van der Waals surface area contributed by atoms with Crippen LogP contribution < -0.4 is 9.64 Å². The Labute approximate surface area is 172 Å². The minimum atomic E-state index is 0.624. The average Bonchev–Trinajstić information content (AvgIpc) is 3.25. The fourth-order valence-corrected chi connectivity index (χ4v) is 3.27. The quantitative estimate of drug-likeness (QED) is 0.396. The van der Waals surface area contributed by atoms with E-state index in [0.717, 1.165) is 60.5 Å². The van der Waals surface area contributed by atoms with Gasteiger partial charge >= 0.3 is 0 Å². The molecule has 5 heteroatoms. The van der Waals surface area contributed by atoms with Crippen LogP contribution in [0.15, 0.2) is 61.2 Å². The standard InChI is InChI=1S/C24H27N3O2/c1-18(23-11-7-5-9-20(23)17-28)27(2)24-16-21(25-26-24)10-6-4-8-19-12-14-22(29-3)15-13-19/h5,7,9,11-17H,1,4,6,8,10H2,2-3H3,(H,25,26). The normalized spacial score (nSPS) is 10.6. The highest BCUT2D eigenvalue weighted by Gasteiger charge is 2.13. The van der Waals surface area contributed by atoms with Crippen LogP contribution in [-0.2, 0) is 12.8 Å². The largest absolute Gasteiger partial charge is 0.497 e. The van der Waals surface area contributed by atoms with Crippen molar-refractivity contribution in [1.29, 1.82) is 0 Å². The molecule has 0 fully saturated rings. The molecular formula is C24H27N3O2. The summed E-state index contributed by atoms with van der Waals surface area (Å²) < 4.78 is 5.19. The zero-order valence-electron chi connectivity index (χ0n) is 17.0. The molecule has 0 amide bonds. The summed E-state index contributed by atoms with van der Waals surface area (Å²) in [5, 5.41) is 7.53. The van der Waals surface area contributed by atoms with E-state index in [2.05, 4.69) is 28.9 Å². The highest BCUT2D eigenvalue weighted by molar-refractivity contribution is 5.88. The lowest BCUT2D eigenvalue weighted by Crippen LogP contribution is -2.16. The molecule has 0 aliphatic rings. The number of H-pyrrole nitrogens is 1. The van der Waals surface area contributed by atoms with Gasteiger partial charge in [-0.15, -0.1) is 0 Å². The summed E-state index contributed by atoms with van der Waals surface area (Å²) in [6.45, 7) is 4.14. The number of unbranched alkanes of at least 4 members (excludes halogenated alkanes) is 1. The number of aromatic amines is 1. The van der Waals surface area contributed by atoms with E-state index in [4.69, 9.17) is 4.74 Å². The Kier molecular flexibility index (Phi) is 6.85. The maximum Gasteiger partial charge on any atom is 0.154 e.